The molecule has 2 nitrogen and oxygen atoms in total. The molecule has 0 fully saturated rings. The summed E-state index contributed by atoms with van der Waals surface area (Å²) in [7, 11) is 1.96. The van der Waals surface area contributed by atoms with E-state index in [0.717, 1.165) is 0 Å². The highest BCUT2D eigenvalue weighted by Crippen LogP contribution is 2.24. The van der Waals surface area contributed by atoms with Crippen LogP contribution in [0.2, 0.25) is 0 Å². The van der Waals surface area contributed by atoms with E-state index in [4.69, 9.17) is 0 Å². The van der Waals surface area contributed by atoms with Gasteiger partial charge in [0.2, 0.25) is 0 Å². The standard InChI is InChI=1S/C15H18N2/c1-11-6-4-5-7-15(11)14-8-13(9-17-10-14)12(2)16-3/h4-10,12,16H,1-3H3. The van der Waals surface area contributed by atoms with Crippen LogP contribution in [0.1, 0.15) is 24.1 Å². The third-order valence-corrected chi connectivity index (χ3v) is 3.15. The van der Waals surface area contributed by atoms with Gasteiger partial charge in [0, 0.05) is 24.0 Å². The van der Waals surface area contributed by atoms with Crippen molar-refractivity contribution in [2.45, 2.75) is 19.9 Å². The molecule has 1 aromatic heterocycles. The number of nitrogens with one attached hydrogen (secondary N) is 1. The number of hydrogen-bond acceptors (Lipinski definition) is 2. The molecular weight excluding hydrogens is 208 g/mol. The van der Waals surface area contributed by atoms with Crippen LogP contribution >= 0.6 is 0 Å². The number of benzene rings is 1. The number of nitrogens with zero attached hydrogens (tertiary/aromatic N) is 1. The Kier molecular flexibility index (Phi) is 3.55. The minimum absolute atomic E-state index is 0.325. The Morgan fingerprint density at radius 1 is 1.18 bits per heavy atom. The Balaban J connectivity index is 2.43. The second kappa shape index (κ2) is 5.11. The fourth-order valence-corrected chi connectivity index (χ4v) is 1.91. The molecule has 1 N–H and O–H groups in total. The smallest absolute Gasteiger partial charge is 0.0346 e. The van der Waals surface area contributed by atoms with Gasteiger partial charge in [0.25, 0.3) is 0 Å². The third-order valence-electron chi connectivity index (χ3n) is 3.15. The minimum Gasteiger partial charge on any atom is -0.313 e. The molecule has 0 aliphatic carbocycles. The number of hydrogen-bond donors (Lipinski definition) is 1. The van der Waals surface area contributed by atoms with Crippen molar-refractivity contribution in [3.63, 3.8) is 0 Å². The summed E-state index contributed by atoms with van der Waals surface area (Å²) in [5, 5.41) is 3.23. The summed E-state index contributed by atoms with van der Waals surface area (Å²) in [4.78, 5) is 4.33. The summed E-state index contributed by atoms with van der Waals surface area (Å²) in [6.07, 6.45) is 3.84. The van der Waals surface area contributed by atoms with E-state index in [9.17, 15) is 0 Å². The van der Waals surface area contributed by atoms with E-state index in [1.165, 1.54) is 22.3 Å². The average Bonchev–Trinajstić information content (AvgIpc) is 2.38. The Morgan fingerprint density at radius 3 is 2.65 bits per heavy atom. The molecular formula is C15H18N2. The summed E-state index contributed by atoms with van der Waals surface area (Å²) in [5.74, 6) is 0. The van der Waals surface area contributed by atoms with Crippen LogP contribution < -0.4 is 5.32 Å². The second-order valence-corrected chi connectivity index (χ2v) is 4.33. The SMILES string of the molecule is CNC(C)c1cncc(-c2ccccc2C)c1. The topological polar surface area (TPSA) is 24.9 Å². The Hall–Kier alpha value is -1.67. The van der Waals surface area contributed by atoms with E-state index in [0.29, 0.717) is 6.04 Å². The maximum atomic E-state index is 4.33. The van der Waals surface area contributed by atoms with Gasteiger partial charge in [-0.2, -0.15) is 0 Å². The van der Waals surface area contributed by atoms with E-state index in [1.807, 2.05) is 19.4 Å². The quantitative estimate of drug-likeness (QED) is 0.868. The van der Waals surface area contributed by atoms with Gasteiger partial charge >= 0.3 is 0 Å². The molecule has 2 rings (SSSR count). The first-order chi connectivity index (χ1) is 8.22. The lowest BCUT2D eigenvalue weighted by atomic mass is 10.00. The normalized spacial score (nSPS) is 12.4. The van der Waals surface area contributed by atoms with Gasteiger partial charge < -0.3 is 5.32 Å². The fourth-order valence-electron chi connectivity index (χ4n) is 1.91. The van der Waals surface area contributed by atoms with Crippen molar-refractivity contribution < 1.29 is 0 Å². The molecule has 0 aliphatic rings. The van der Waals surface area contributed by atoms with Crippen LogP contribution in [0.25, 0.3) is 11.1 Å². The summed E-state index contributed by atoms with van der Waals surface area (Å²) < 4.78 is 0. The van der Waals surface area contributed by atoms with Gasteiger partial charge in [-0.3, -0.25) is 4.98 Å². The lowest BCUT2D eigenvalue weighted by Gasteiger charge is -2.12. The zero-order chi connectivity index (χ0) is 12.3. The fraction of sp³-hybridized carbons (Fsp3) is 0.267. The highest BCUT2D eigenvalue weighted by molar-refractivity contribution is 5.66. The van der Waals surface area contributed by atoms with Gasteiger partial charge in [0.15, 0.2) is 0 Å². The van der Waals surface area contributed by atoms with E-state index < -0.39 is 0 Å². The molecule has 0 saturated carbocycles. The molecule has 1 heterocycles. The lowest BCUT2D eigenvalue weighted by Crippen LogP contribution is -2.12. The molecule has 0 spiro atoms. The first kappa shape index (κ1) is 11.8. The van der Waals surface area contributed by atoms with Crippen LogP contribution in [0.3, 0.4) is 0 Å². The molecule has 88 valence electrons. The minimum atomic E-state index is 0.325. The van der Waals surface area contributed by atoms with Gasteiger partial charge in [-0.05, 0) is 43.7 Å². The molecule has 1 unspecified atom stereocenters. The van der Waals surface area contributed by atoms with E-state index in [-0.39, 0.29) is 0 Å². The van der Waals surface area contributed by atoms with Gasteiger partial charge in [-0.15, -0.1) is 0 Å². The third kappa shape index (κ3) is 2.53. The summed E-state index contributed by atoms with van der Waals surface area (Å²) in [6, 6.07) is 10.9. The van der Waals surface area contributed by atoms with Gasteiger partial charge in [0.1, 0.15) is 0 Å². The zero-order valence-electron chi connectivity index (χ0n) is 10.6. The molecule has 0 radical (unpaired) electrons. The summed E-state index contributed by atoms with van der Waals surface area (Å²) in [6.45, 7) is 4.27. The Labute approximate surface area is 103 Å². The summed E-state index contributed by atoms with van der Waals surface area (Å²) in [5.41, 5.74) is 4.93. The molecule has 0 amide bonds. The Bertz CT molecular complexity index is 506. The van der Waals surface area contributed by atoms with Crippen LogP contribution in [-0.4, -0.2) is 12.0 Å². The largest absolute Gasteiger partial charge is 0.313 e. The number of aromatic nitrogens is 1. The van der Waals surface area contributed by atoms with Crippen molar-refractivity contribution in [1.82, 2.24) is 10.3 Å². The molecule has 2 heteroatoms. The highest BCUT2D eigenvalue weighted by Gasteiger charge is 2.06. The van der Waals surface area contributed by atoms with Crippen molar-refractivity contribution in [1.29, 1.82) is 0 Å². The first-order valence-electron chi connectivity index (χ1n) is 5.90. The maximum Gasteiger partial charge on any atom is 0.0346 e. The van der Waals surface area contributed by atoms with Crippen LogP contribution in [0.4, 0.5) is 0 Å². The van der Waals surface area contributed by atoms with Crippen LogP contribution in [-0.2, 0) is 0 Å². The molecule has 0 saturated heterocycles. The van der Waals surface area contributed by atoms with Crippen molar-refractivity contribution in [2.24, 2.45) is 0 Å². The van der Waals surface area contributed by atoms with Crippen molar-refractivity contribution in [2.75, 3.05) is 7.05 Å². The highest BCUT2D eigenvalue weighted by atomic mass is 14.9. The van der Waals surface area contributed by atoms with Crippen molar-refractivity contribution in [3.05, 3.63) is 53.9 Å². The number of pyridine rings is 1. The molecule has 0 bridgehead atoms. The predicted molar refractivity (Wildman–Crippen MR) is 71.9 cm³/mol. The van der Waals surface area contributed by atoms with Gasteiger partial charge in [-0.1, -0.05) is 24.3 Å². The zero-order valence-corrected chi connectivity index (χ0v) is 10.6. The average molecular weight is 226 g/mol. The first-order valence-corrected chi connectivity index (χ1v) is 5.90. The molecule has 1 aromatic carbocycles. The molecule has 2 aromatic rings. The van der Waals surface area contributed by atoms with Crippen molar-refractivity contribution in [3.8, 4) is 11.1 Å². The van der Waals surface area contributed by atoms with E-state index in [2.05, 4.69) is 54.5 Å². The summed E-state index contributed by atoms with van der Waals surface area (Å²) >= 11 is 0. The number of aryl methyl sites for hydroxylation is 1. The van der Waals surface area contributed by atoms with Crippen LogP contribution in [0, 0.1) is 6.92 Å². The van der Waals surface area contributed by atoms with Gasteiger partial charge in [0.05, 0.1) is 0 Å². The van der Waals surface area contributed by atoms with Crippen molar-refractivity contribution >= 4 is 0 Å². The second-order valence-electron chi connectivity index (χ2n) is 4.33. The molecule has 1 atom stereocenters. The van der Waals surface area contributed by atoms with Crippen LogP contribution in [0.15, 0.2) is 42.7 Å². The van der Waals surface area contributed by atoms with E-state index >= 15 is 0 Å². The number of rotatable bonds is 3. The van der Waals surface area contributed by atoms with E-state index in [1.54, 1.807) is 0 Å². The van der Waals surface area contributed by atoms with Crippen LogP contribution in [0.5, 0.6) is 0 Å². The predicted octanol–water partition coefficient (Wildman–Crippen LogP) is 3.34. The molecule has 17 heavy (non-hydrogen) atoms. The maximum absolute atomic E-state index is 4.33. The lowest BCUT2D eigenvalue weighted by molar-refractivity contribution is 0.650. The molecule has 0 aliphatic heterocycles. The van der Waals surface area contributed by atoms with Gasteiger partial charge in [-0.25, -0.2) is 0 Å². The monoisotopic (exact) mass is 226 g/mol. The Morgan fingerprint density at radius 2 is 1.94 bits per heavy atom.